The number of aliphatic hydroxyl groups is 1. The van der Waals surface area contributed by atoms with Crippen LogP contribution in [0.2, 0.25) is 0 Å². The number of hydrogen-bond acceptors (Lipinski definition) is 5. The van der Waals surface area contributed by atoms with Crippen LogP contribution in [0.15, 0.2) is 58.8 Å². The maximum absolute atomic E-state index is 13.3. The van der Waals surface area contributed by atoms with E-state index < -0.39 is 0 Å². The summed E-state index contributed by atoms with van der Waals surface area (Å²) in [7, 11) is 1.71. The van der Waals surface area contributed by atoms with Gasteiger partial charge in [-0.15, -0.1) is 11.3 Å². The molecule has 5 rings (SSSR count). The zero-order valence-corrected chi connectivity index (χ0v) is 19.8. The van der Waals surface area contributed by atoms with Crippen LogP contribution in [0.25, 0.3) is 32.9 Å². The van der Waals surface area contributed by atoms with Crippen molar-refractivity contribution in [3.8, 4) is 11.4 Å². The fraction of sp³-hybridized carbons (Fsp3) is 0.269. The minimum absolute atomic E-state index is 0.120. The molecule has 0 aliphatic rings. The molecule has 0 radical (unpaired) electrons. The van der Waals surface area contributed by atoms with Gasteiger partial charge < -0.3 is 9.67 Å². The standard InChI is InChI=1S/C26H26N4O2S/c1-16(2)11-21-20-13-30(12-18-9-6-8-17-7-4-5-10-19(17)18)25(22-15-33-23(14-31)27-22)24(20)26(32)29(3)28-21/h4-10,13,15-16,31H,11-12,14H2,1-3H3. The van der Waals surface area contributed by atoms with Crippen molar-refractivity contribution in [1.29, 1.82) is 0 Å². The topological polar surface area (TPSA) is 72.9 Å². The zero-order chi connectivity index (χ0) is 23.1. The molecule has 33 heavy (non-hydrogen) atoms. The minimum atomic E-state index is -0.136. The summed E-state index contributed by atoms with van der Waals surface area (Å²) in [5.41, 5.74) is 3.43. The molecule has 168 valence electrons. The van der Waals surface area contributed by atoms with Gasteiger partial charge in [-0.2, -0.15) is 5.10 Å². The molecule has 0 atom stereocenters. The predicted molar refractivity (Wildman–Crippen MR) is 134 cm³/mol. The van der Waals surface area contributed by atoms with E-state index in [9.17, 15) is 9.90 Å². The van der Waals surface area contributed by atoms with Crippen molar-refractivity contribution in [2.45, 2.75) is 33.4 Å². The lowest BCUT2D eigenvalue weighted by molar-refractivity contribution is 0.281. The zero-order valence-electron chi connectivity index (χ0n) is 18.9. The largest absolute Gasteiger partial charge is 0.389 e. The van der Waals surface area contributed by atoms with E-state index in [2.05, 4.69) is 65.0 Å². The Morgan fingerprint density at radius 2 is 1.88 bits per heavy atom. The van der Waals surface area contributed by atoms with E-state index in [1.807, 2.05) is 17.5 Å². The summed E-state index contributed by atoms with van der Waals surface area (Å²) < 4.78 is 3.56. The van der Waals surface area contributed by atoms with Gasteiger partial charge in [-0.3, -0.25) is 4.79 Å². The van der Waals surface area contributed by atoms with Crippen LogP contribution >= 0.6 is 11.3 Å². The maximum atomic E-state index is 13.3. The second kappa shape index (κ2) is 8.57. The first kappa shape index (κ1) is 21.6. The molecule has 3 heterocycles. The smallest absolute Gasteiger partial charge is 0.276 e. The van der Waals surface area contributed by atoms with E-state index in [0.717, 1.165) is 23.2 Å². The second-order valence-electron chi connectivity index (χ2n) is 8.79. The number of benzene rings is 2. The Hall–Kier alpha value is -3.29. The normalized spacial score (nSPS) is 11.8. The van der Waals surface area contributed by atoms with E-state index in [4.69, 9.17) is 0 Å². The molecule has 3 aromatic heterocycles. The van der Waals surface area contributed by atoms with Crippen LogP contribution in [0.5, 0.6) is 0 Å². The minimum Gasteiger partial charge on any atom is -0.389 e. The van der Waals surface area contributed by atoms with Gasteiger partial charge >= 0.3 is 0 Å². The highest BCUT2D eigenvalue weighted by Crippen LogP contribution is 2.33. The summed E-state index contributed by atoms with van der Waals surface area (Å²) in [6, 6.07) is 14.6. The summed E-state index contributed by atoms with van der Waals surface area (Å²) in [6.07, 6.45) is 2.83. The summed E-state index contributed by atoms with van der Waals surface area (Å²) in [6.45, 7) is 4.79. The van der Waals surface area contributed by atoms with Crippen LogP contribution in [0, 0.1) is 5.92 Å². The Balaban J connectivity index is 1.79. The molecule has 0 saturated carbocycles. The van der Waals surface area contributed by atoms with Crippen molar-refractivity contribution in [3.63, 3.8) is 0 Å². The van der Waals surface area contributed by atoms with Gasteiger partial charge in [0.15, 0.2) is 0 Å². The van der Waals surface area contributed by atoms with Crippen molar-refractivity contribution >= 4 is 32.9 Å². The number of hydrogen-bond donors (Lipinski definition) is 1. The third-order valence-electron chi connectivity index (χ3n) is 5.92. The number of rotatable bonds is 6. The number of aliphatic hydroxyl groups excluding tert-OH is 1. The summed E-state index contributed by atoms with van der Waals surface area (Å²) >= 11 is 1.40. The molecular weight excluding hydrogens is 432 g/mol. The average Bonchev–Trinajstić information content (AvgIpc) is 3.42. The van der Waals surface area contributed by atoms with Crippen molar-refractivity contribution in [1.82, 2.24) is 19.3 Å². The Labute approximate surface area is 195 Å². The van der Waals surface area contributed by atoms with Gasteiger partial charge in [0, 0.05) is 30.6 Å². The van der Waals surface area contributed by atoms with Crippen LogP contribution in [-0.4, -0.2) is 24.4 Å². The molecule has 0 bridgehead atoms. The first-order valence-electron chi connectivity index (χ1n) is 11.1. The lowest BCUT2D eigenvalue weighted by Gasteiger charge is -2.11. The van der Waals surface area contributed by atoms with E-state index in [1.54, 1.807) is 7.05 Å². The van der Waals surface area contributed by atoms with Gasteiger partial charge in [-0.1, -0.05) is 56.3 Å². The van der Waals surface area contributed by atoms with Crippen LogP contribution in [0.1, 0.15) is 30.1 Å². The molecule has 0 amide bonds. The van der Waals surface area contributed by atoms with Gasteiger partial charge in [-0.05, 0) is 28.7 Å². The monoisotopic (exact) mass is 458 g/mol. The molecule has 2 aromatic carbocycles. The molecule has 7 heteroatoms. The molecule has 1 N–H and O–H groups in total. The van der Waals surface area contributed by atoms with E-state index in [1.165, 1.54) is 32.4 Å². The Morgan fingerprint density at radius 3 is 2.64 bits per heavy atom. The second-order valence-corrected chi connectivity index (χ2v) is 9.73. The van der Waals surface area contributed by atoms with Crippen molar-refractivity contribution in [2.75, 3.05) is 0 Å². The molecule has 0 unspecified atom stereocenters. The SMILES string of the molecule is CC(C)Cc1nn(C)c(=O)c2c(-c3csc(CO)n3)n(Cc3cccc4ccccc34)cc12. The molecular formula is C26H26N4O2S. The molecule has 0 aliphatic carbocycles. The van der Waals surface area contributed by atoms with Gasteiger partial charge in [0.2, 0.25) is 0 Å². The Kier molecular flexibility index (Phi) is 5.60. The number of thiazole rings is 1. The van der Waals surface area contributed by atoms with Gasteiger partial charge in [0.25, 0.3) is 5.56 Å². The van der Waals surface area contributed by atoms with E-state index >= 15 is 0 Å². The summed E-state index contributed by atoms with van der Waals surface area (Å²) in [4.78, 5) is 18.0. The highest BCUT2D eigenvalue weighted by Gasteiger charge is 2.22. The first-order valence-corrected chi connectivity index (χ1v) is 12.0. The number of fused-ring (bicyclic) bond motifs is 2. The fourth-order valence-corrected chi connectivity index (χ4v) is 5.11. The molecule has 0 aliphatic heterocycles. The highest BCUT2D eigenvalue weighted by atomic mass is 32.1. The van der Waals surface area contributed by atoms with E-state index in [-0.39, 0.29) is 12.2 Å². The van der Waals surface area contributed by atoms with Crippen LogP contribution < -0.4 is 5.56 Å². The summed E-state index contributed by atoms with van der Waals surface area (Å²) in [5.74, 6) is 0.406. The van der Waals surface area contributed by atoms with Crippen LogP contribution in [0.4, 0.5) is 0 Å². The summed E-state index contributed by atoms with van der Waals surface area (Å²) in [5, 5.41) is 20.6. The first-order chi connectivity index (χ1) is 16.0. The quantitative estimate of drug-likeness (QED) is 0.399. The Morgan fingerprint density at radius 1 is 1.09 bits per heavy atom. The average molecular weight is 459 g/mol. The lowest BCUT2D eigenvalue weighted by Crippen LogP contribution is -2.22. The molecule has 0 fully saturated rings. The van der Waals surface area contributed by atoms with Crippen molar-refractivity contribution < 1.29 is 5.11 Å². The number of nitrogens with zero attached hydrogens (tertiary/aromatic N) is 4. The number of aromatic nitrogens is 4. The van der Waals surface area contributed by atoms with Gasteiger partial charge in [0.1, 0.15) is 5.01 Å². The highest BCUT2D eigenvalue weighted by molar-refractivity contribution is 7.09. The molecule has 0 saturated heterocycles. The van der Waals surface area contributed by atoms with E-state index in [0.29, 0.717) is 28.6 Å². The fourth-order valence-electron chi connectivity index (χ4n) is 4.48. The molecule has 5 aromatic rings. The van der Waals surface area contributed by atoms with Crippen LogP contribution in [0.3, 0.4) is 0 Å². The third kappa shape index (κ3) is 3.87. The third-order valence-corrected chi connectivity index (χ3v) is 6.75. The van der Waals surface area contributed by atoms with Gasteiger partial charge in [-0.25, -0.2) is 9.67 Å². The predicted octanol–water partition coefficient (Wildman–Crippen LogP) is 4.75. The van der Waals surface area contributed by atoms with Crippen molar-refractivity contribution in [3.05, 3.63) is 80.7 Å². The van der Waals surface area contributed by atoms with Crippen molar-refractivity contribution in [2.24, 2.45) is 13.0 Å². The molecule has 0 spiro atoms. The van der Waals surface area contributed by atoms with Gasteiger partial charge in [0.05, 0.1) is 29.1 Å². The Bertz CT molecular complexity index is 1520. The lowest BCUT2D eigenvalue weighted by atomic mass is 10.0. The molecule has 6 nitrogen and oxygen atoms in total. The van der Waals surface area contributed by atoms with Crippen LogP contribution in [-0.2, 0) is 26.6 Å². The maximum Gasteiger partial charge on any atom is 0.276 e. The number of aryl methyl sites for hydroxylation is 1.